The van der Waals surface area contributed by atoms with Gasteiger partial charge >= 0.3 is 76.8 Å². The van der Waals surface area contributed by atoms with Gasteiger partial charge in [0.05, 0.1) is 46.2 Å². The lowest BCUT2D eigenvalue weighted by molar-refractivity contribution is -0.389. The predicted octanol–water partition coefficient (Wildman–Crippen LogP) is 5.27. The molecule has 97 heavy (non-hydrogen) atoms. The molecule has 5 rings (SSSR count). The second kappa shape index (κ2) is 36.0. The van der Waals surface area contributed by atoms with Gasteiger partial charge in [-0.15, -0.1) is 6.58 Å². The molecule has 17 atom stereocenters. The fraction of sp³-hybridized carbons (Fsp3) is 0.719. The van der Waals surface area contributed by atoms with Crippen molar-refractivity contribution in [3.05, 3.63) is 42.5 Å². The molecule has 31 nitrogen and oxygen atoms in total. The average Bonchev–Trinajstić information content (AvgIpc) is 1.73. The highest BCUT2D eigenvalue weighted by Gasteiger charge is 2.66. The molecule has 1 aromatic rings. The topological polar surface area (TPSA) is 365 Å². The van der Waals surface area contributed by atoms with E-state index in [0.29, 0.717) is 11.3 Å². The second-order valence-electron chi connectivity index (χ2n) is 24.9. The molecule has 0 amide bonds. The van der Waals surface area contributed by atoms with Crippen LogP contribution in [0.5, 0.6) is 5.75 Å². The summed E-state index contributed by atoms with van der Waals surface area (Å²) in [6.07, 6.45) is -29.7. The molecule has 0 radical (unpaired) electrons. The van der Waals surface area contributed by atoms with Crippen LogP contribution in [0.4, 0.5) is 0 Å². The summed E-state index contributed by atoms with van der Waals surface area (Å²) in [5.41, 5.74) is -0.395. The van der Waals surface area contributed by atoms with Crippen molar-refractivity contribution in [3.63, 3.8) is 0 Å². The maximum Gasteiger partial charge on any atom is 0.366 e. The lowest BCUT2D eigenvalue weighted by Gasteiger charge is -2.52. The molecule has 33 heteroatoms. The Morgan fingerprint density at radius 2 is 0.990 bits per heavy atom. The SMILES string of the molecule is C=CCO[C@]1(C(=O)OC)C[C@@H](OCc2ccc(OC)cc2)[C@@H](O[C@H]2O[C@H]([C@H](COC(C)=O)OC(C)=O)[C@@H](OC(C)=O)[C@H](O[C@H]3O[C@H]([C@H](COC(C)=O)OC(C)=O)[C@@H](OC(C)=O)[C@H](OC(C)=O)[C@@H]3OC(C)=O)[C@@H]2OC(C)=O)[C@@H]([C@@H]2CO[Si](C(C)C)(C(C)C)O[Si](C(C)C)(C(C)C)O2)O1. The van der Waals surface area contributed by atoms with E-state index in [1.165, 1.54) is 13.2 Å². The van der Waals surface area contributed by atoms with E-state index < -0.39 is 200 Å². The van der Waals surface area contributed by atoms with Crippen LogP contribution in [0.15, 0.2) is 36.9 Å². The number of carbonyl (C=O) groups excluding carboxylic acids is 10. The zero-order chi connectivity index (χ0) is 72.6. The van der Waals surface area contributed by atoms with Crippen LogP contribution < -0.4 is 4.74 Å². The standard InChI is InChI=1S/C64H96O31Si2/c1-21-26-80-64(63(74)76-20)27-47(79-28-45-22-24-46(75-19)25-23-45)51(54(93-64)50-31-81-96(32(2)3,33(4)5)95-97(94-50,34(6)7)35(8)9)89-61-60(88-44(18)73)58(56(85-41(15)70)53(90-61)49(83-39(13)68)30-78-37(11)66)92-62-59(87-43(17)72)57(86-42(16)71)55(84-40(14)69)52(91-62)48(82-38(12)67)29-77-36(10)65/h21-25,32-35,47-62H,1,26-31H2,2-20H3/t47-,48+,49+,50+,51-,52-,53-,54-,55-,56-,57+,58+,59+,60+,61+,62-,64-/m1/s1. The number of methoxy groups -OCH3 is 2. The van der Waals surface area contributed by atoms with E-state index in [9.17, 15) is 47.9 Å². The van der Waals surface area contributed by atoms with Gasteiger partial charge < -0.3 is 98.2 Å². The Hall–Kier alpha value is -6.51. The summed E-state index contributed by atoms with van der Waals surface area (Å²) in [6, 6.07) is 6.80. The number of esters is 10. The zero-order valence-electron chi connectivity index (χ0n) is 58.5. The molecule has 0 aliphatic carbocycles. The van der Waals surface area contributed by atoms with E-state index in [-0.39, 0.29) is 42.0 Å². The maximum atomic E-state index is 14.7. The molecule has 546 valence electrons. The van der Waals surface area contributed by atoms with Crippen LogP contribution in [-0.4, -0.2) is 221 Å². The average molecular weight is 1420 g/mol. The van der Waals surface area contributed by atoms with Gasteiger partial charge in [0.1, 0.15) is 49.5 Å². The summed E-state index contributed by atoms with van der Waals surface area (Å²) in [6.45, 7) is 26.1. The highest BCUT2D eigenvalue weighted by atomic mass is 28.5. The third-order valence-corrected chi connectivity index (χ3v) is 26.5. The number of hydrogen-bond donors (Lipinski definition) is 0. The van der Waals surface area contributed by atoms with Gasteiger partial charge in [0.25, 0.3) is 5.79 Å². The molecule has 0 saturated carbocycles. The Balaban J connectivity index is 1.96. The number of rotatable bonds is 30. The highest BCUT2D eigenvalue weighted by Crippen LogP contribution is 2.49. The lowest BCUT2D eigenvalue weighted by Crippen LogP contribution is -2.70. The van der Waals surface area contributed by atoms with Crippen LogP contribution in [0.1, 0.15) is 130 Å². The fourth-order valence-electron chi connectivity index (χ4n) is 12.2. The second-order valence-corrected chi connectivity index (χ2v) is 33.7. The normalized spacial score (nSPS) is 29.1. The summed E-state index contributed by atoms with van der Waals surface area (Å²) in [4.78, 5) is 134. The smallest absolute Gasteiger partial charge is 0.366 e. The first kappa shape index (κ1) is 81.2. The first-order valence-corrected chi connectivity index (χ1v) is 35.8. The van der Waals surface area contributed by atoms with Gasteiger partial charge in [0.2, 0.25) is 0 Å². The summed E-state index contributed by atoms with van der Waals surface area (Å²) in [5.74, 6) is -12.2. The van der Waals surface area contributed by atoms with Crippen LogP contribution in [0.3, 0.4) is 0 Å². The minimum absolute atomic E-state index is 0.178. The van der Waals surface area contributed by atoms with E-state index >= 15 is 0 Å². The minimum Gasteiger partial charge on any atom is -0.497 e. The van der Waals surface area contributed by atoms with Crippen molar-refractivity contribution in [2.45, 2.75) is 257 Å². The van der Waals surface area contributed by atoms with E-state index in [1.54, 1.807) is 24.3 Å². The van der Waals surface area contributed by atoms with Crippen molar-refractivity contribution in [3.8, 4) is 5.75 Å². The molecule has 0 aromatic heterocycles. The molecular formula is C64H96O31Si2. The van der Waals surface area contributed by atoms with Crippen LogP contribution in [0.2, 0.25) is 22.2 Å². The Bertz CT molecular complexity index is 2870. The highest BCUT2D eigenvalue weighted by molar-refractivity contribution is 6.84. The van der Waals surface area contributed by atoms with Gasteiger partial charge in [0, 0.05) is 68.7 Å². The summed E-state index contributed by atoms with van der Waals surface area (Å²) >= 11 is 0. The van der Waals surface area contributed by atoms with Crippen molar-refractivity contribution >= 4 is 76.8 Å². The largest absolute Gasteiger partial charge is 0.497 e. The summed E-state index contributed by atoms with van der Waals surface area (Å²) in [5, 5.41) is 0. The molecule has 4 heterocycles. The van der Waals surface area contributed by atoms with Gasteiger partial charge in [-0.25, -0.2) is 4.79 Å². The molecular weight excluding hydrogens is 1320 g/mol. The quantitative estimate of drug-likeness (QED) is 0.0410. The minimum atomic E-state index is -3.67. The number of benzene rings is 1. The van der Waals surface area contributed by atoms with Gasteiger partial charge in [-0.1, -0.05) is 73.6 Å². The summed E-state index contributed by atoms with van der Waals surface area (Å²) in [7, 11) is -4.45. The first-order chi connectivity index (χ1) is 45.5. The molecule has 4 aliphatic rings. The van der Waals surface area contributed by atoms with Gasteiger partial charge in [0.15, 0.2) is 55.3 Å². The van der Waals surface area contributed by atoms with Gasteiger partial charge in [-0.05, 0) is 39.9 Å². The molecule has 0 N–H and O–H groups in total. The van der Waals surface area contributed by atoms with E-state index in [0.717, 1.165) is 69.4 Å². The number of hydrogen-bond acceptors (Lipinski definition) is 31. The Kier molecular flexibility index (Phi) is 30.1. The van der Waals surface area contributed by atoms with Crippen molar-refractivity contribution < 1.29 is 146 Å². The van der Waals surface area contributed by atoms with Gasteiger partial charge in [-0.3, -0.25) is 43.2 Å². The van der Waals surface area contributed by atoms with Crippen molar-refractivity contribution in [2.24, 2.45) is 0 Å². The lowest BCUT2D eigenvalue weighted by atomic mass is 9.90. The van der Waals surface area contributed by atoms with Crippen molar-refractivity contribution in [1.29, 1.82) is 0 Å². The Labute approximate surface area is 566 Å². The molecule has 0 unspecified atom stereocenters. The van der Waals surface area contributed by atoms with Crippen molar-refractivity contribution in [2.75, 3.05) is 40.6 Å². The molecule has 4 aliphatic heterocycles. The Morgan fingerprint density at radius 1 is 0.557 bits per heavy atom. The summed E-state index contributed by atoms with van der Waals surface area (Å²) < 4.78 is 133. The van der Waals surface area contributed by atoms with Gasteiger partial charge in [-0.2, -0.15) is 0 Å². The molecule has 0 spiro atoms. The monoisotopic (exact) mass is 1420 g/mol. The third kappa shape index (κ3) is 21.0. The van der Waals surface area contributed by atoms with E-state index in [2.05, 4.69) is 6.58 Å². The number of ether oxygens (including phenoxy) is 18. The van der Waals surface area contributed by atoms with Crippen LogP contribution >= 0.6 is 0 Å². The molecule has 4 saturated heterocycles. The third-order valence-electron chi connectivity index (χ3n) is 16.2. The maximum absolute atomic E-state index is 14.7. The Morgan fingerprint density at radius 3 is 1.40 bits per heavy atom. The van der Waals surface area contributed by atoms with Crippen LogP contribution in [0.25, 0.3) is 0 Å². The van der Waals surface area contributed by atoms with E-state index in [4.69, 9.17) is 98.2 Å². The van der Waals surface area contributed by atoms with Crippen LogP contribution in [-0.2, 0) is 148 Å². The molecule has 1 aromatic carbocycles. The van der Waals surface area contributed by atoms with E-state index in [1.807, 2.05) is 55.4 Å². The fourth-order valence-corrected chi connectivity index (χ4v) is 23.4. The number of carbonyl (C=O) groups is 10. The predicted molar refractivity (Wildman–Crippen MR) is 335 cm³/mol. The van der Waals surface area contributed by atoms with Crippen LogP contribution in [0, 0.1) is 0 Å². The zero-order valence-corrected chi connectivity index (χ0v) is 60.5. The molecule has 4 fully saturated rings. The first-order valence-electron chi connectivity index (χ1n) is 31.8. The van der Waals surface area contributed by atoms with Crippen molar-refractivity contribution in [1.82, 2.24) is 0 Å². The molecule has 0 bridgehead atoms.